The molecule has 1 heterocycles. The van der Waals surface area contributed by atoms with Crippen molar-refractivity contribution in [1.82, 2.24) is 10.2 Å². The number of rotatable bonds is 3. The molecule has 0 aliphatic carbocycles. The Balaban J connectivity index is 2.86. The molecule has 0 aromatic rings. The van der Waals surface area contributed by atoms with E-state index in [1.54, 1.807) is 19.9 Å². The number of carbonyl (C=O) groups is 2. The van der Waals surface area contributed by atoms with Crippen LogP contribution in [0, 0.1) is 5.92 Å². The second-order valence-electron chi connectivity index (χ2n) is 3.51. The van der Waals surface area contributed by atoms with Crippen molar-refractivity contribution >= 4 is 12.0 Å². The Morgan fingerprint density at radius 2 is 2.29 bits per heavy atom. The molecule has 1 aliphatic rings. The standard InChI is InChI=1S/C9H14N2O3/c1-6(2)7(8(12)13)11-5-3-4-10-9(11)14/h3,5-7H,4H2,1-2H3,(H,10,14)(H,12,13). The molecular weight excluding hydrogens is 184 g/mol. The van der Waals surface area contributed by atoms with Gasteiger partial charge in [0.25, 0.3) is 0 Å². The minimum absolute atomic E-state index is 0.124. The number of hydrogen-bond donors (Lipinski definition) is 2. The predicted octanol–water partition coefficient (Wildman–Crippen LogP) is 0.635. The van der Waals surface area contributed by atoms with Gasteiger partial charge in [-0.15, -0.1) is 0 Å². The molecule has 0 saturated carbocycles. The van der Waals surface area contributed by atoms with Gasteiger partial charge < -0.3 is 10.4 Å². The molecule has 5 nitrogen and oxygen atoms in total. The smallest absolute Gasteiger partial charge is 0.327 e. The van der Waals surface area contributed by atoms with Crippen LogP contribution in [-0.4, -0.2) is 34.6 Å². The van der Waals surface area contributed by atoms with E-state index in [9.17, 15) is 9.59 Å². The van der Waals surface area contributed by atoms with Crippen LogP contribution >= 0.6 is 0 Å². The third-order valence-electron chi connectivity index (χ3n) is 2.06. The number of carboxylic acid groups (broad SMARTS) is 1. The maximum Gasteiger partial charge on any atom is 0.327 e. The lowest BCUT2D eigenvalue weighted by Gasteiger charge is -2.30. The van der Waals surface area contributed by atoms with Crippen LogP contribution in [0.5, 0.6) is 0 Å². The normalized spacial score (nSPS) is 18.2. The first-order valence-corrected chi connectivity index (χ1v) is 4.49. The number of carboxylic acids is 1. The molecule has 1 unspecified atom stereocenters. The Kier molecular flexibility index (Phi) is 3.11. The average molecular weight is 198 g/mol. The van der Waals surface area contributed by atoms with Crippen LogP contribution in [0.25, 0.3) is 0 Å². The molecule has 1 atom stereocenters. The number of aliphatic carboxylic acids is 1. The van der Waals surface area contributed by atoms with Crippen molar-refractivity contribution in [3.63, 3.8) is 0 Å². The van der Waals surface area contributed by atoms with Gasteiger partial charge in [0.2, 0.25) is 0 Å². The highest BCUT2D eigenvalue weighted by molar-refractivity contribution is 5.84. The number of nitrogens with one attached hydrogen (secondary N) is 1. The van der Waals surface area contributed by atoms with E-state index in [-0.39, 0.29) is 11.9 Å². The molecule has 0 fully saturated rings. The van der Waals surface area contributed by atoms with Crippen LogP contribution in [0.1, 0.15) is 13.8 Å². The van der Waals surface area contributed by atoms with Gasteiger partial charge in [0.05, 0.1) is 0 Å². The molecule has 0 aromatic carbocycles. The van der Waals surface area contributed by atoms with Gasteiger partial charge in [0.15, 0.2) is 0 Å². The first-order valence-electron chi connectivity index (χ1n) is 4.49. The van der Waals surface area contributed by atoms with Gasteiger partial charge in [0.1, 0.15) is 6.04 Å². The van der Waals surface area contributed by atoms with E-state index >= 15 is 0 Å². The Labute approximate surface area is 82.4 Å². The summed E-state index contributed by atoms with van der Waals surface area (Å²) in [7, 11) is 0. The zero-order chi connectivity index (χ0) is 10.7. The van der Waals surface area contributed by atoms with Gasteiger partial charge in [-0.1, -0.05) is 13.8 Å². The number of hydrogen-bond acceptors (Lipinski definition) is 2. The predicted molar refractivity (Wildman–Crippen MR) is 50.6 cm³/mol. The molecule has 2 amide bonds. The van der Waals surface area contributed by atoms with Gasteiger partial charge in [-0.25, -0.2) is 9.59 Å². The molecule has 14 heavy (non-hydrogen) atoms. The Hall–Kier alpha value is -1.52. The van der Waals surface area contributed by atoms with Crippen LogP contribution in [0.3, 0.4) is 0 Å². The minimum Gasteiger partial charge on any atom is -0.480 e. The topological polar surface area (TPSA) is 69.6 Å². The number of amides is 2. The van der Waals surface area contributed by atoms with Gasteiger partial charge in [0, 0.05) is 12.7 Å². The second kappa shape index (κ2) is 4.13. The second-order valence-corrected chi connectivity index (χ2v) is 3.51. The van der Waals surface area contributed by atoms with Crippen LogP contribution in [0.2, 0.25) is 0 Å². The monoisotopic (exact) mass is 198 g/mol. The number of urea groups is 1. The summed E-state index contributed by atoms with van der Waals surface area (Å²) in [5, 5.41) is 11.5. The van der Waals surface area contributed by atoms with Crippen LogP contribution < -0.4 is 5.32 Å². The van der Waals surface area contributed by atoms with Gasteiger partial charge in [-0.05, 0) is 12.0 Å². The van der Waals surface area contributed by atoms with Crippen molar-refractivity contribution in [3.8, 4) is 0 Å². The minimum atomic E-state index is -0.985. The molecule has 1 rings (SSSR count). The highest BCUT2D eigenvalue weighted by Gasteiger charge is 2.31. The molecule has 1 aliphatic heterocycles. The van der Waals surface area contributed by atoms with Crippen molar-refractivity contribution in [2.24, 2.45) is 5.92 Å². The van der Waals surface area contributed by atoms with E-state index in [0.29, 0.717) is 6.54 Å². The van der Waals surface area contributed by atoms with E-state index in [2.05, 4.69) is 5.32 Å². The molecule has 5 heteroatoms. The van der Waals surface area contributed by atoms with Crippen LogP contribution in [0.15, 0.2) is 12.3 Å². The summed E-state index contributed by atoms with van der Waals surface area (Å²) in [6, 6.07) is -1.15. The Bertz CT molecular complexity index is 273. The maximum absolute atomic E-state index is 11.3. The summed E-state index contributed by atoms with van der Waals surface area (Å²) in [6.07, 6.45) is 3.25. The SMILES string of the molecule is CC(C)C(C(=O)O)N1C=CCNC1=O. The molecule has 0 saturated heterocycles. The summed E-state index contributed by atoms with van der Waals surface area (Å²) in [5.41, 5.74) is 0. The fourth-order valence-corrected chi connectivity index (χ4v) is 1.42. The third-order valence-corrected chi connectivity index (χ3v) is 2.06. The van der Waals surface area contributed by atoms with E-state index in [1.807, 2.05) is 0 Å². The quantitative estimate of drug-likeness (QED) is 0.699. The first-order chi connectivity index (χ1) is 6.54. The lowest BCUT2D eigenvalue weighted by molar-refractivity contribution is -0.142. The first kappa shape index (κ1) is 10.6. The highest BCUT2D eigenvalue weighted by atomic mass is 16.4. The van der Waals surface area contributed by atoms with Gasteiger partial charge in [-0.2, -0.15) is 0 Å². The van der Waals surface area contributed by atoms with Crippen molar-refractivity contribution in [2.45, 2.75) is 19.9 Å². The fraction of sp³-hybridized carbons (Fsp3) is 0.556. The lowest BCUT2D eigenvalue weighted by atomic mass is 10.0. The Morgan fingerprint density at radius 1 is 1.64 bits per heavy atom. The summed E-state index contributed by atoms with van der Waals surface area (Å²) in [6.45, 7) is 4.00. The third kappa shape index (κ3) is 2.04. The molecule has 2 N–H and O–H groups in total. The molecule has 0 aromatic heterocycles. The summed E-state index contributed by atoms with van der Waals surface area (Å²) >= 11 is 0. The number of carbonyl (C=O) groups excluding carboxylic acids is 1. The highest BCUT2D eigenvalue weighted by Crippen LogP contribution is 2.13. The van der Waals surface area contributed by atoms with Crippen molar-refractivity contribution in [3.05, 3.63) is 12.3 Å². The van der Waals surface area contributed by atoms with Crippen molar-refractivity contribution in [1.29, 1.82) is 0 Å². The summed E-state index contributed by atoms with van der Waals surface area (Å²) in [4.78, 5) is 23.5. The Morgan fingerprint density at radius 3 is 2.71 bits per heavy atom. The lowest BCUT2D eigenvalue weighted by Crippen LogP contribution is -2.50. The zero-order valence-corrected chi connectivity index (χ0v) is 8.23. The average Bonchev–Trinajstić information content (AvgIpc) is 2.07. The summed E-state index contributed by atoms with van der Waals surface area (Å²) in [5.74, 6) is -1.11. The summed E-state index contributed by atoms with van der Waals surface area (Å²) < 4.78 is 0. The van der Waals surface area contributed by atoms with E-state index < -0.39 is 12.0 Å². The van der Waals surface area contributed by atoms with E-state index in [1.165, 1.54) is 11.1 Å². The molecule has 78 valence electrons. The van der Waals surface area contributed by atoms with E-state index in [4.69, 9.17) is 5.11 Å². The van der Waals surface area contributed by atoms with Crippen LogP contribution in [0.4, 0.5) is 4.79 Å². The fourth-order valence-electron chi connectivity index (χ4n) is 1.42. The molecule has 0 radical (unpaired) electrons. The zero-order valence-electron chi connectivity index (χ0n) is 8.23. The van der Waals surface area contributed by atoms with E-state index in [0.717, 1.165) is 0 Å². The largest absolute Gasteiger partial charge is 0.480 e. The molecule has 0 bridgehead atoms. The maximum atomic E-state index is 11.3. The van der Waals surface area contributed by atoms with Crippen LogP contribution in [-0.2, 0) is 4.79 Å². The van der Waals surface area contributed by atoms with Gasteiger partial charge in [-0.3, -0.25) is 4.90 Å². The molecule has 0 spiro atoms. The van der Waals surface area contributed by atoms with Crippen molar-refractivity contribution < 1.29 is 14.7 Å². The molecular formula is C9H14N2O3. The van der Waals surface area contributed by atoms with Crippen molar-refractivity contribution in [2.75, 3.05) is 6.54 Å². The number of nitrogens with zero attached hydrogens (tertiary/aromatic N) is 1. The van der Waals surface area contributed by atoms with Gasteiger partial charge >= 0.3 is 12.0 Å².